The van der Waals surface area contributed by atoms with Gasteiger partial charge in [0.05, 0.1) is 17.1 Å². The standard InChI is InChI=1S/C21H26N2O6S/c1-4-12-22-30(26,27)18-10-11-19(15(3)13-18)29-14-20(24)23-17-8-6-16(7-9-17)21(25)28-5-2/h6-11,13,22H,4-5,12,14H2,1-3H3,(H,23,24). The summed E-state index contributed by atoms with van der Waals surface area (Å²) in [6, 6.07) is 10.8. The molecule has 162 valence electrons. The molecule has 8 nitrogen and oxygen atoms in total. The Morgan fingerprint density at radius 2 is 1.73 bits per heavy atom. The Bertz CT molecular complexity index is 987. The van der Waals surface area contributed by atoms with Crippen molar-refractivity contribution in [3.63, 3.8) is 0 Å². The van der Waals surface area contributed by atoms with Crippen molar-refractivity contribution < 1.29 is 27.5 Å². The summed E-state index contributed by atoms with van der Waals surface area (Å²) < 4.78 is 37.3. The molecule has 0 aliphatic carbocycles. The Kier molecular flexibility index (Phi) is 8.37. The lowest BCUT2D eigenvalue weighted by Crippen LogP contribution is -2.24. The number of hydrogen-bond acceptors (Lipinski definition) is 6. The van der Waals surface area contributed by atoms with E-state index in [1.807, 2.05) is 6.92 Å². The maximum atomic E-state index is 12.2. The number of sulfonamides is 1. The van der Waals surface area contributed by atoms with Crippen LogP contribution in [0.15, 0.2) is 47.4 Å². The van der Waals surface area contributed by atoms with Gasteiger partial charge in [0.2, 0.25) is 10.0 Å². The molecule has 2 N–H and O–H groups in total. The van der Waals surface area contributed by atoms with Gasteiger partial charge < -0.3 is 14.8 Å². The Morgan fingerprint density at radius 3 is 2.33 bits per heavy atom. The molecule has 1 amide bonds. The highest BCUT2D eigenvalue weighted by Crippen LogP contribution is 2.22. The van der Waals surface area contributed by atoms with Crippen LogP contribution >= 0.6 is 0 Å². The number of nitrogens with one attached hydrogen (secondary N) is 2. The minimum atomic E-state index is -3.56. The smallest absolute Gasteiger partial charge is 0.338 e. The number of carbonyl (C=O) groups excluding carboxylic acids is 2. The van der Waals surface area contributed by atoms with Crippen LogP contribution in [0.2, 0.25) is 0 Å². The van der Waals surface area contributed by atoms with Gasteiger partial charge in [-0.15, -0.1) is 0 Å². The van der Waals surface area contributed by atoms with E-state index in [1.165, 1.54) is 18.2 Å². The summed E-state index contributed by atoms with van der Waals surface area (Å²) in [5.74, 6) is -0.401. The first-order valence-corrected chi connectivity index (χ1v) is 11.0. The van der Waals surface area contributed by atoms with E-state index in [0.717, 1.165) is 0 Å². The van der Waals surface area contributed by atoms with E-state index < -0.39 is 16.0 Å². The van der Waals surface area contributed by atoms with Gasteiger partial charge in [0.1, 0.15) is 5.75 Å². The molecule has 0 spiro atoms. The second kappa shape index (κ2) is 10.7. The second-order valence-corrected chi connectivity index (χ2v) is 8.23. The third-order valence-corrected chi connectivity index (χ3v) is 5.50. The van der Waals surface area contributed by atoms with Crippen LogP contribution in [0.1, 0.15) is 36.2 Å². The van der Waals surface area contributed by atoms with Gasteiger partial charge >= 0.3 is 5.97 Å². The van der Waals surface area contributed by atoms with E-state index in [1.54, 1.807) is 38.1 Å². The Balaban J connectivity index is 1.94. The van der Waals surface area contributed by atoms with Crippen molar-refractivity contribution >= 4 is 27.6 Å². The van der Waals surface area contributed by atoms with Crippen molar-refractivity contribution in [2.24, 2.45) is 0 Å². The van der Waals surface area contributed by atoms with E-state index in [9.17, 15) is 18.0 Å². The van der Waals surface area contributed by atoms with Gasteiger partial charge in [-0.05, 0) is 68.3 Å². The number of hydrogen-bond donors (Lipinski definition) is 2. The number of carbonyl (C=O) groups is 2. The number of amides is 1. The molecule has 0 saturated heterocycles. The van der Waals surface area contributed by atoms with Crippen LogP contribution < -0.4 is 14.8 Å². The summed E-state index contributed by atoms with van der Waals surface area (Å²) in [5, 5.41) is 2.67. The number of aryl methyl sites for hydroxylation is 1. The largest absolute Gasteiger partial charge is 0.483 e. The molecule has 0 saturated carbocycles. The molecule has 0 bridgehead atoms. The van der Waals surface area contributed by atoms with Crippen LogP contribution in [0, 0.1) is 6.92 Å². The third-order valence-electron chi connectivity index (χ3n) is 4.04. The van der Waals surface area contributed by atoms with Crippen molar-refractivity contribution in [1.82, 2.24) is 4.72 Å². The fourth-order valence-corrected chi connectivity index (χ4v) is 3.73. The topological polar surface area (TPSA) is 111 Å². The van der Waals surface area contributed by atoms with Crippen LogP contribution in [0.5, 0.6) is 5.75 Å². The lowest BCUT2D eigenvalue weighted by Gasteiger charge is -2.12. The summed E-state index contributed by atoms with van der Waals surface area (Å²) in [7, 11) is -3.56. The highest BCUT2D eigenvalue weighted by atomic mass is 32.2. The second-order valence-electron chi connectivity index (χ2n) is 6.46. The Hall–Kier alpha value is -2.91. The molecular formula is C21H26N2O6S. The number of benzene rings is 2. The lowest BCUT2D eigenvalue weighted by atomic mass is 10.2. The van der Waals surface area contributed by atoms with E-state index >= 15 is 0 Å². The van der Waals surface area contributed by atoms with Gasteiger partial charge in [0, 0.05) is 12.2 Å². The molecule has 0 aliphatic rings. The molecule has 0 heterocycles. The predicted molar refractivity (Wildman–Crippen MR) is 113 cm³/mol. The molecule has 9 heteroatoms. The van der Waals surface area contributed by atoms with Gasteiger partial charge in [-0.25, -0.2) is 17.9 Å². The number of esters is 1. The van der Waals surface area contributed by atoms with Crippen molar-refractivity contribution in [2.45, 2.75) is 32.1 Å². The zero-order valence-electron chi connectivity index (χ0n) is 17.2. The van der Waals surface area contributed by atoms with E-state index in [2.05, 4.69) is 10.0 Å². The molecule has 0 fully saturated rings. The number of ether oxygens (including phenoxy) is 2. The van der Waals surface area contributed by atoms with Crippen molar-refractivity contribution in [2.75, 3.05) is 25.1 Å². The van der Waals surface area contributed by atoms with Crippen LogP contribution in [-0.2, 0) is 19.6 Å². The van der Waals surface area contributed by atoms with E-state index in [4.69, 9.17) is 9.47 Å². The average molecular weight is 435 g/mol. The zero-order valence-corrected chi connectivity index (χ0v) is 18.0. The minimum absolute atomic E-state index is 0.145. The quantitative estimate of drug-likeness (QED) is 0.556. The van der Waals surface area contributed by atoms with Crippen molar-refractivity contribution in [3.05, 3.63) is 53.6 Å². The van der Waals surface area contributed by atoms with Crippen molar-refractivity contribution in [1.29, 1.82) is 0 Å². The summed E-state index contributed by atoms with van der Waals surface area (Å²) in [5.41, 5.74) is 1.50. The zero-order chi connectivity index (χ0) is 22.1. The third kappa shape index (κ3) is 6.57. The molecule has 0 unspecified atom stereocenters. The minimum Gasteiger partial charge on any atom is -0.483 e. The Morgan fingerprint density at radius 1 is 1.03 bits per heavy atom. The lowest BCUT2D eigenvalue weighted by molar-refractivity contribution is -0.118. The summed E-state index contributed by atoms with van der Waals surface area (Å²) in [6.07, 6.45) is 0.695. The molecular weight excluding hydrogens is 408 g/mol. The van der Waals surface area contributed by atoms with Gasteiger partial charge in [0.25, 0.3) is 5.91 Å². The van der Waals surface area contributed by atoms with Crippen LogP contribution in [0.25, 0.3) is 0 Å². The fourth-order valence-electron chi connectivity index (χ4n) is 2.52. The van der Waals surface area contributed by atoms with E-state index in [0.29, 0.717) is 35.5 Å². The van der Waals surface area contributed by atoms with Crippen LogP contribution in [0.3, 0.4) is 0 Å². The number of anilines is 1. The summed E-state index contributed by atoms with van der Waals surface area (Å²) >= 11 is 0. The van der Waals surface area contributed by atoms with Gasteiger partial charge in [-0.3, -0.25) is 4.79 Å². The van der Waals surface area contributed by atoms with Gasteiger partial charge in [-0.2, -0.15) is 0 Å². The first-order valence-electron chi connectivity index (χ1n) is 9.57. The van der Waals surface area contributed by atoms with Crippen molar-refractivity contribution in [3.8, 4) is 5.75 Å². The monoisotopic (exact) mass is 434 g/mol. The first kappa shape index (κ1) is 23.4. The highest BCUT2D eigenvalue weighted by molar-refractivity contribution is 7.89. The van der Waals surface area contributed by atoms with E-state index in [-0.39, 0.29) is 24.0 Å². The maximum absolute atomic E-state index is 12.2. The molecule has 0 aliphatic heterocycles. The molecule has 2 aromatic carbocycles. The fraction of sp³-hybridized carbons (Fsp3) is 0.333. The molecule has 2 aromatic rings. The Labute approximate surface area is 176 Å². The first-order chi connectivity index (χ1) is 14.3. The predicted octanol–water partition coefficient (Wildman–Crippen LogP) is 2.88. The molecule has 0 aromatic heterocycles. The summed E-state index contributed by atoms with van der Waals surface area (Å²) in [4.78, 5) is 23.9. The molecule has 2 rings (SSSR count). The highest BCUT2D eigenvalue weighted by Gasteiger charge is 2.15. The van der Waals surface area contributed by atoms with Crippen LogP contribution in [-0.4, -0.2) is 40.1 Å². The summed E-state index contributed by atoms with van der Waals surface area (Å²) in [6.45, 7) is 5.71. The average Bonchev–Trinajstić information content (AvgIpc) is 2.72. The normalized spacial score (nSPS) is 11.0. The molecule has 0 atom stereocenters. The maximum Gasteiger partial charge on any atom is 0.338 e. The number of rotatable bonds is 10. The molecule has 30 heavy (non-hydrogen) atoms. The van der Waals surface area contributed by atoms with Gasteiger partial charge in [0.15, 0.2) is 6.61 Å². The van der Waals surface area contributed by atoms with Gasteiger partial charge in [-0.1, -0.05) is 6.92 Å². The van der Waals surface area contributed by atoms with Crippen LogP contribution in [0.4, 0.5) is 5.69 Å². The SMILES string of the molecule is CCCNS(=O)(=O)c1ccc(OCC(=O)Nc2ccc(C(=O)OCC)cc2)c(C)c1. The molecule has 0 radical (unpaired) electrons.